The summed E-state index contributed by atoms with van der Waals surface area (Å²) in [6.07, 6.45) is 6.14. The number of carbonyl (C=O) groups excluding carboxylic acids is 1. The molecule has 140 valence electrons. The Morgan fingerprint density at radius 1 is 1.07 bits per heavy atom. The fourth-order valence-corrected chi connectivity index (χ4v) is 3.76. The Hall–Kier alpha value is -2.82. The lowest BCUT2D eigenvalue weighted by atomic mass is 10.1. The van der Waals surface area contributed by atoms with Gasteiger partial charge in [0, 0.05) is 36.3 Å². The first-order chi connectivity index (χ1) is 13.2. The van der Waals surface area contributed by atoms with Crippen LogP contribution in [0.3, 0.4) is 0 Å². The maximum absolute atomic E-state index is 12.3. The molecular formula is C22H26N4O. The zero-order valence-electron chi connectivity index (χ0n) is 15.8. The van der Waals surface area contributed by atoms with Gasteiger partial charge in [0.25, 0.3) is 0 Å². The lowest BCUT2D eigenvalue weighted by Gasteiger charge is -2.28. The van der Waals surface area contributed by atoms with E-state index in [9.17, 15) is 4.79 Å². The minimum Gasteiger partial charge on any atom is -0.372 e. The number of fused-ring (bicyclic) bond motifs is 1. The van der Waals surface area contributed by atoms with Crippen molar-refractivity contribution >= 4 is 28.2 Å². The van der Waals surface area contributed by atoms with Crippen LogP contribution in [0, 0.1) is 6.92 Å². The van der Waals surface area contributed by atoms with Crippen LogP contribution in [0.5, 0.6) is 0 Å². The number of hydrogen-bond acceptors (Lipinski definition) is 3. The van der Waals surface area contributed by atoms with E-state index >= 15 is 0 Å². The molecule has 0 bridgehead atoms. The average Bonchev–Trinajstić information content (AvgIpc) is 3.12. The fraction of sp³-hybridized carbons (Fsp3) is 0.364. The topological polar surface area (TPSA) is 50.2 Å². The molecule has 1 aliphatic heterocycles. The summed E-state index contributed by atoms with van der Waals surface area (Å²) in [5, 5.41) is 8.57. The number of rotatable bonds is 5. The standard InChI is InChI=1S/C22H26N4O/c1-17-6-5-7-21-20(17)16-23-26(21)15-12-22(27)24-18-8-10-19(11-9-18)25-13-3-2-4-14-25/h5-11,16H,2-4,12-15H2,1H3,(H,24,27). The number of benzene rings is 2. The number of piperidine rings is 1. The van der Waals surface area contributed by atoms with Crippen LogP contribution in [0.25, 0.3) is 10.9 Å². The van der Waals surface area contributed by atoms with Crippen LogP contribution >= 0.6 is 0 Å². The van der Waals surface area contributed by atoms with Crippen molar-refractivity contribution in [1.82, 2.24) is 9.78 Å². The molecule has 4 rings (SSSR count). The van der Waals surface area contributed by atoms with E-state index in [0.717, 1.165) is 29.7 Å². The van der Waals surface area contributed by atoms with Crippen molar-refractivity contribution in [2.75, 3.05) is 23.3 Å². The summed E-state index contributed by atoms with van der Waals surface area (Å²) >= 11 is 0. The van der Waals surface area contributed by atoms with Crippen LogP contribution in [-0.4, -0.2) is 28.8 Å². The summed E-state index contributed by atoms with van der Waals surface area (Å²) in [5.74, 6) is 0.0111. The second kappa shape index (κ2) is 7.82. The largest absolute Gasteiger partial charge is 0.372 e. The molecule has 5 nitrogen and oxygen atoms in total. The molecule has 1 N–H and O–H groups in total. The van der Waals surface area contributed by atoms with Crippen molar-refractivity contribution in [1.29, 1.82) is 0 Å². The van der Waals surface area contributed by atoms with Crippen LogP contribution in [0.15, 0.2) is 48.7 Å². The van der Waals surface area contributed by atoms with Gasteiger partial charge < -0.3 is 10.2 Å². The Kier molecular flexibility index (Phi) is 5.10. The van der Waals surface area contributed by atoms with Crippen LogP contribution in [-0.2, 0) is 11.3 Å². The van der Waals surface area contributed by atoms with Crippen molar-refractivity contribution in [3.05, 3.63) is 54.2 Å². The van der Waals surface area contributed by atoms with E-state index in [0.29, 0.717) is 13.0 Å². The number of nitrogens with zero attached hydrogens (tertiary/aromatic N) is 3. The first kappa shape index (κ1) is 17.6. The van der Waals surface area contributed by atoms with Gasteiger partial charge in [0.1, 0.15) is 0 Å². The van der Waals surface area contributed by atoms with Crippen LogP contribution in [0.2, 0.25) is 0 Å². The molecular weight excluding hydrogens is 336 g/mol. The molecule has 27 heavy (non-hydrogen) atoms. The monoisotopic (exact) mass is 362 g/mol. The summed E-state index contributed by atoms with van der Waals surface area (Å²) in [4.78, 5) is 14.8. The van der Waals surface area contributed by atoms with Gasteiger partial charge in [-0.15, -0.1) is 0 Å². The Balaban J connectivity index is 1.34. The van der Waals surface area contributed by atoms with Gasteiger partial charge in [0.15, 0.2) is 0 Å². The highest BCUT2D eigenvalue weighted by Crippen LogP contribution is 2.22. The quantitative estimate of drug-likeness (QED) is 0.733. The third-order valence-corrected chi connectivity index (χ3v) is 5.33. The molecule has 1 amide bonds. The van der Waals surface area contributed by atoms with Crippen molar-refractivity contribution in [3.63, 3.8) is 0 Å². The van der Waals surface area contributed by atoms with E-state index in [-0.39, 0.29) is 5.91 Å². The molecule has 0 unspecified atom stereocenters. The van der Waals surface area contributed by atoms with Gasteiger partial charge >= 0.3 is 0 Å². The second-order valence-electron chi connectivity index (χ2n) is 7.27. The SMILES string of the molecule is Cc1cccc2c1cnn2CCC(=O)Nc1ccc(N2CCCCC2)cc1. The molecule has 0 spiro atoms. The van der Waals surface area contributed by atoms with Gasteiger partial charge in [-0.1, -0.05) is 12.1 Å². The van der Waals surface area contributed by atoms with Gasteiger partial charge in [-0.3, -0.25) is 9.48 Å². The van der Waals surface area contributed by atoms with Gasteiger partial charge in [0.2, 0.25) is 5.91 Å². The summed E-state index contributed by atoms with van der Waals surface area (Å²) < 4.78 is 1.90. The first-order valence-corrected chi connectivity index (χ1v) is 9.77. The Morgan fingerprint density at radius 2 is 1.85 bits per heavy atom. The number of hydrogen-bond donors (Lipinski definition) is 1. The maximum atomic E-state index is 12.3. The highest BCUT2D eigenvalue weighted by atomic mass is 16.1. The molecule has 2 heterocycles. The number of aromatic nitrogens is 2. The molecule has 0 radical (unpaired) electrons. The molecule has 5 heteroatoms. The Bertz CT molecular complexity index is 923. The molecule has 1 fully saturated rings. The Morgan fingerprint density at radius 3 is 2.63 bits per heavy atom. The number of amides is 1. The molecule has 2 aromatic carbocycles. The smallest absolute Gasteiger partial charge is 0.226 e. The van der Waals surface area contributed by atoms with Gasteiger partial charge in [-0.25, -0.2) is 0 Å². The number of nitrogens with one attached hydrogen (secondary N) is 1. The predicted octanol–water partition coefficient (Wildman–Crippen LogP) is 4.36. The van der Waals surface area contributed by atoms with E-state index < -0.39 is 0 Å². The van der Waals surface area contributed by atoms with E-state index in [1.807, 2.05) is 35.1 Å². The Labute approximate surface area is 160 Å². The maximum Gasteiger partial charge on any atom is 0.226 e. The van der Waals surface area contributed by atoms with E-state index in [1.165, 1.54) is 30.5 Å². The van der Waals surface area contributed by atoms with Crippen molar-refractivity contribution in [3.8, 4) is 0 Å². The first-order valence-electron chi connectivity index (χ1n) is 9.77. The second-order valence-corrected chi connectivity index (χ2v) is 7.27. The third-order valence-electron chi connectivity index (χ3n) is 5.33. The fourth-order valence-electron chi connectivity index (χ4n) is 3.76. The molecule has 1 saturated heterocycles. The van der Waals surface area contributed by atoms with Crippen LogP contribution < -0.4 is 10.2 Å². The van der Waals surface area contributed by atoms with Gasteiger partial charge in [-0.05, 0) is 62.1 Å². The van der Waals surface area contributed by atoms with E-state index in [4.69, 9.17) is 0 Å². The molecule has 0 aliphatic carbocycles. The number of aryl methyl sites for hydroxylation is 2. The molecule has 0 saturated carbocycles. The predicted molar refractivity (Wildman–Crippen MR) is 110 cm³/mol. The molecule has 3 aromatic rings. The van der Waals surface area contributed by atoms with Crippen molar-refractivity contribution in [2.45, 2.75) is 39.2 Å². The molecule has 1 aromatic heterocycles. The van der Waals surface area contributed by atoms with E-state index in [1.54, 1.807) is 0 Å². The van der Waals surface area contributed by atoms with Gasteiger partial charge in [0.05, 0.1) is 18.3 Å². The summed E-state index contributed by atoms with van der Waals surface area (Å²) in [6.45, 7) is 4.91. The lowest BCUT2D eigenvalue weighted by Crippen LogP contribution is -2.29. The molecule has 1 aliphatic rings. The highest BCUT2D eigenvalue weighted by molar-refractivity contribution is 5.91. The number of carbonyl (C=O) groups is 1. The normalized spacial score (nSPS) is 14.5. The van der Waals surface area contributed by atoms with Crippen LogP contribution in [0.4, 0.5) is 11.4 Å². The van der Waals surface area contributed by atoms with Crippen LogP contribution in [0.1, 0.15) is 31.2 Å². The average molecular weight is 362 g/mol. The zero-order chi connectivity index (χ0) is 18.6. The minimum atomic E-state index is 0.0111. The minimum absolute atomic E-state index is 0.0111. The molecule has 0 atom stereocenters. The highest BCUT2D eigenvalue weighted by Gasteiger charge is 2.11. The lowest BCUT2D eigenvalue weighted by molar-refractivity contribution is -0.116. The third kappa shape index (κ3) is 3.97. The summed E-state index contributed by atoms with van der Waals surface area (Å²) in [6, 6.07) is 14.3. The van der Waals surface area contributed by atoms with Crippen molar-refractivity contribution in [2.24, 2.45) is 0 Å². The van der Waals surface area contributed by atoms with Gasteiger partial charge in [-0.2, -0.15) is 5.10 Å². The van der Waals surface area contributed by atoms with E-state index in [2.05, 4.69) is 40.4 Å². The summed E-state index contributed by atoms with van der Waals surface area (Å²) in [7, 11) is 0. The number of anilines is 2. The summed E-state index contributed by atoms with van der Waals surface area (Å²) in [5.41, 5.74) is 4.37. The zero-order valence-corrected chi connectivity index (χ0v) is 15.8. The van der Waals surface area contributed by atoms with Crippen molar-refractivity contribution < 1.29 is 4.79 Å².